The van der Waals surface area contributed by atoms with E-state index in [0.717, 1.165) is 0 Å². The van der Waals surface area contributed by atoms with Crippen LogP contribution in [-0.4, -0.2) is 293 Å². The summed E-state index contributed by atoms with van der Waals surface area (Å²) < 4.78 is 39.4. The molecule has 488 valence electrons. The van der Waals surface area contributed by atoms with Crippen molar-refractivity contribution in [3.8, 4) is 0 Å². The first-order chi connectivity index (χ1) is 40.4. The minimum atomic E-state index is -1.97. The molecular weight excluding hydrogens is 1140 g/mol. The number of hydrogen-bond donors (Lipinski definition) is 14. The minimum absolute atomic E-state index is 0.0291. The maximum Gasteiger partial charge on any atom is 0.333 e. The monoisotopic (exact) mass is 1230 g/mol. The van der Waals surface area contributed by atoms with Crippen LogP contribution in [-0.2, 0) is 71.6 Å². The van der Waals surface area contributed by atoms with Gasteiger partial charge < -0.3 is 110 Å². The zero-order valence-corrected chi connectivity index (χ0v) is 47.8. The number of ketones is 3. The lowest BCUT2D eigenvalue weighted by atomic mass is 9.82. The number of nitrogens with one attached hydrogen (secondary N) is 1. The quantitative estimate of drug-likeness (QED) is 0.0203. The van der Waals surface area contributed by atoms with Crippen LogP contribution in [0, 0.1) is 5.92 Å². The Balaban J connectivity index is 1.11. The lowest BCUT2D eigenvalue weighted by Crippen LogP contribution is -2.65. The van der Waals surface area contributed by atoms with Crippen LogP contribution in [0.4, 0.5) is 0 Å². The summed E-state index contributed by atoms with van der Waals surface area (Å²) in [6, 6.07) is 0. The minimum Gasteiger partial charge on any atom is -0.394 e. The summed E-state index contributed by atoms with van der Waals surface area (Å²) in [6.45, 7) is -1.45. The number of carbonyl (C=O) groups excluding carboxylic acids is 7. The number of amides is 3. The third-order valence-corrected chi connectivity index (χ3v) is 15.6. The van der Waals surface area contributed by atoms with Crippen LogP contribution in [0.5, 0.6) is 0 Å². The predicted octanol–water partition coefficient (Wildman–Crippen LogP) is -5.85. The van der Waals surface area contributed by atoms with E-state index in [1.165, 1.54) is 4.90 Å². The second-order valence-electron chi connectivity index (χ2n) is 22.4. The van der Waals surface area contributed by atoms with E-state index in [-0.39, 0.29) is 114 Å². The highest BCUT2D eigenvalue weighted by atomic mass is 16.8. The standard InChI is InChI=1S/C54H89N3O28/c1-28-21-32(41(68)45(72)40(28)67)78-20-18-55-36(63)14-8-4-2-6-11-29(60)22-56(23-30(61)12-7-3-5-9-15-39(66)85-57-37(64)16-17-38(57)65)24-31(62)13-10-19-79-53-50(77)51(84-54-49(76)47(74)43(70)34(26-59)82-54)44(71)35(83-53)27-80-52-48(75)46(73)42(69)33(25-58)81-52/h28,32-35,40-54,58-59,67-77H,2-27H2,1H3,(H,55,63)/t28-,32-,33-,34-,35-,40-,41-,42-,43-,44-,45-,46+,47+,48+,49+,50+,51+,52+,53+,54-/m1/s1. The van der Waals surface area contributed by atoms with Gasteiger partial charge in [0, 0.05) is 51.5 Å². The molecule has 0 bridgehead atoms. The molecule has 31 nitrogen and oxygen atoms in total. The average molecular weight is 1230 g/mol. The number of hydroxylamine groups is 2. The van der Waals surface area contributed by atoms with Gasteiger partial charge in [-0.2, -0.15) is 0 Å². The summed E-state index contributed by atoms with van der Waals surface area (Å²) in [6.07, 6.45) is -26.2. The molecule has 0 unspecified atom stereocenters. The highest BCUT2D eigenvalue weighted by Gasteiger charge is 2.52. The van der Waals surface area contributed by atoms with Gasteiger partial charge in [0.2, 0.25) is 5.91 Å². The molecule has 20 atom stereocenters. The summed E-state index contributed by atoms with van der Waals surface area (Å²) in [4.78, 5) is 94.5. The highest BCUT2D eigenvalue weighted by molar-refractivity contribution is 6.01. The van der Waals surface area contributed by atoms with Gasteiger partial charge in [0.25, 0.3) is 11.8 Å². The number of carbonyl (C=O) groups is 7. The van der Waals surface area contributed by atoms with Gasteiger partial charge in [0.05, 0.1) is 64.9 Å². The first-order valence-electron chi connectivity index (χ1n) is 29.2. The SMILES string of the molecule is C[C@@H]1C[C@@H](OCCNC(=O)CCCCCCC(=O)CN(CC(=O)CCCCCCC(=O)ON2C(=O)CCC2=O)CC(=O)CCCO[C@H]2O[C@H](CO[C@H]3O[C@H](CO)[C@@H](O)[C@H](O)[C@@H]3O)[C@@H](O)[C@H](O[C@H]3O[C@H](CO)[C@@H](O)[C@H](O)[C@@H]3O)[C@@H]2O)[C@@H](O)[C@H](O)[C@@H]1O. The lowest BCUT2D eigenvalue weighted by molar-refractivity contribution is -0.366. The van der Waals surface area contributed by atoms with Gasteiger partial charge in [-0.1, -0.05) is 32.6 Å². The normalized spacial score (nSPS) is 34.4. The van der Waals surface area contributed by atoms with E-state index < -0.39 is 160 Å². The number of aliphatic hydroxyl groups excluding tert-OH is 13. The van der Waals surface area contributed by atoms with Crippen LogP contribution in [0.15, 0.2) is 0 Å². The van der Waals surface area contributed by atoms with Gasteiger partial charge in [-0.05, 0) is 44.4 Å². The van der Waals surface area contributed by atoms with Crippen LogP contribution in [0.25, 0.3) is 0 Å². The largest absolute Gasteiger partial charge is 0.394 e. The van der Waals surface area contributed by atoms with E-state index in [4.69, 9.17) is 38.0 Å². The third-order valence-electron chi connectivity index (χ3n) is 15.6. The number of ether oxygens (including phenoxy) is 7. The van der Waals surface area contributed by atoms with Crippen molar-refractivity contribution < 1.29 is 138 Å². The van der Waals surface area contributed by atoms with Crippen LogP contribution in [0.2, 0.25) is 0 Å². The Morgan fingerprint density at radius 1 is 0.518 bits per heavy atom. The molecule has 1 aliphatic carbocycles. The zero-order valence-electron chi connectivity index (χ0n) is 47.8. The smallest absolute Gasteiger partial charge is 0.333 e. The van der Waals surface area contributed by atoms with Gasteiger partial charge in [0.1, 0.15) is 103 Å². The molecule has 31 heteroatoms. The Bertz CT molecular complexity index is 2090. The van der Waals surface area contributed by atoms with E-state index in [1.807, 2.05) is 0 Å². The predicted molar refractivity (Wildman–Crippen MR) is 283 cm³/mol. The number of aliphatic hydroxyl groups is 13. The van der Waals surface area contributed by atoms with Crippen LogP contribution >= 0.6 is 0 Å². The molecule has 5 fully saturated rings. The fraction of sp³-hybridized carbons (Fsp3) is 0.870. The molecular formula is C54H89N3O28. The fourth-order valence-corrected chi connectivity index (χ4v) is 10.5. The highest BCUT2D eigenvalue weighted by Crippen LogP contribution is 2.32. The van der Waals surface area contributed by atoms with E-state index in [9.17, 15) is 99.9 Å². The Hall–Kier alpha value is -3.75. The third kappa shape index (κ3) is 21.8. The molecule has 0 aromatic heterocycles. The van der Waals surface area contributed by atoms with E-state index in [1.54, 1.807) is 6.92 Å². The second kappa shape index (κ2) is 36.0. The van der Waals surface area contributed by atoms with E-state index >= 15 is 0 Å². The Morgan fingerprint density at radius 2 is 1.00 bits per heavy atom. The molecule has 4 aliphatic heterocycles. The summed E-state index contributed by atoms with van der Waals surface area (Å²) >= 11 is 0. The van der Waals surface area contributed by atoms with Crippen molar-refractivity contribution >= 4 is 41.0 Å². The number of nitrogens with zero attached hydrogens (tertiary/aromatic N) is 2. The zero-order chi connectivity index (χ0) is 62.5. The first-order valence-corrected chi connectivity index (χ1v) is 29.2. The van der Waals surface area contributed by atoms with Crippen LogP contribution < -0.4 is 5.32 Å². The van der Waals surface area contributed by atoms with Crippen molar-refractivity contribution in [1.82, 2.24) is 15.3 Å². The number of unbranched alkanes of at least 4 members (excludes halogenated alkanes) is 6. The van der Waals surface area contributed by atoms with E-state index in [2.05, 4.69) is 5.32 Å². The summed E-state index contributed by atoms with van der Waals surface area (Å²) in [7, 11) is 0. The number of imide groups is 1. The molecule has 14 N–H and O–H groups in total. The Kier molecular flexibility index (Phi) is 30.5. The van der Waals surface area contributed by atoms with Crippen molar-refractivity contribution in [2.75, 3.05) is 59.2 Å². The summed E-state index contributed by atoms with van der Waals surface area (Å²) in [5.41, 5.74) is 0. The van der Waals surface area contributed by atoms with E-state index in [0.29, 0.717) is 62.9 Å². The van der Waals surface area contributed by atoms with Crippen molar-refractivity contribution in [3.05, 3.63) is 0 Å². The molecule has 5 aliphatic rings. The molecule has 4 saturated heterocycles. The maximum absolute atomic E-state index is 13.5. The van der Waals surface area contributed by atoms with Crippen molar-refractivity contribution in [1.29, 1.82) is 0 Å². The van der Waals surface area contributed by atoms with Crippen molar-refractivity contribution in [2.24, 2.45) is 5.92 Å². The van der Waals surface area contributed by atoms with Crippen LogP contribution in [0.3, 0.4) is 0 Å². The molecule has 0 radical (unpaired) electrons. The second-order valence-corrected chi connectivity index (χ2v) is 22.4. The molecule has 4 heterocycles. The molecule has 1 saturated carbocycles. The Morgan fingerprint density at radius 3 is 1.56 bits per heavy atom. The molecule has 0 aromatic rings. The molecule has 0 spiro atoms. The topological polar surface area (TPSA) is 475 Å². The number of hydrogen-bond acceptors (Lipinski definition) is 29. The number of rotatable bonds is 37. The molecule has 0 aromatic carbocycles. The molecule has 85 heavy (non-hydrogen) atoms. The average Bonchev–Trinajstić information content (AvgIpc) is 3.99. The van der Waals surface area contributed by atoms with Gasteiger partial charge >= 0.3 is 5.97 Å². The number of Topliss-reactive ketones (excluding diaryl/α,β-unsaturated/α-hetero) is 3. The van der Waals surface area contributed by atoms with Gasteiger partial charge in [-0.3, -0.25) is 33.7 Å². The fourth-order valence-electron chi connectivity index (χ4n) is 10.5. The first kappa shape index (κ1) is 72.0. The lowest BCUT2D eigenvalue weighted by Gasteiger charge is -2.46. The maximum atomic E-state index is 13.5. The summed E-state index contributed by atoms with van der Waals surface area (Å²) in [5, 5.41) is 138. The van der Waals surface area contributed by atoms with Gasteiger partial charge in [-0.15, -0.1) is 5.06 Å². The molecule has 3 amide bonds. The Labute approximate surface area is 490 Å². The van der Waals surface area contributed by atoms with Crippen molar-refractivity contribution in [2.45, 2.75) is 233 Å². The molecule has 5 rings (SSSR count). The van der Waals surface area contributed by atoms with Crippen LogP contribution in [0.1, 0.15) is 116 Å². The van der Waals surface area contributed by atoms with Crippen molar-refractivity contribution in [3.63, 3.8) is 0 Å². The summed E-state index contributed by atoms with van der Waals surface area (Å²) in [5.74, 6) is -3.35. The van der Waals surface area contributed by atoms with Gasteiger partial charge in [0.15, 0.2) is 18.9 Å². The van der Waals surface area contributed by atoms with Gasteiger partial charge in [-0.25, -0.2) is 4.79 Å².